The predicted octanol–water partition coefficient (Wildman–Crippen LogP) is 3.08. The number of aryl methyl sites for hydroxylation is 2. The van der Waals surface area contributed by atoms with Crippen LogP contribution in [0.25, 0.3) is 0 Å². The molecule has 1 unspecified atom stereocenters. The van der Waals surface area contributed by atoms with E-state index in [4.69, 9.17) is 16.3 Å². The number of rotatable bonds is 9. The van der Waals surface area contributed by atoms with E-state index >= 15 is 0 Å². The van der Waals surface area contributed by atoms with Crippen LogP contribution in [-0.2, 0) is 24.6 Å². The van der Waals surface area contributed by atoms with Crippen molar-refractivity contribution in [1.82, 2.24) is 15.1 Å². The average Bonchev–Trinajstić information content (AvgIpc) is 2.71. The highest BCUT2D eigenvalue weighted by Gasteiger charge is 2.31. The summed E-state index contributed by atoms with van der Waals surface area (Å²) in [6, 6.07) is 0. The van der Waals surface area contributed by atoms with Gasteiger partial charge in [-0.2, -0.15) is 5.10 Å². The molecule has 0 aromatic carbocycles. The lowest BCUT2D eigenvalue weighted by atomic mass is 9.75. The highest BCUT2D eigenvalue weighted by atomic mass is 35.5. The van der Waals surface area contributed by atoms with Gasteiger partial charge in [0, 0.05) is 27.2 Å². The van der Waals surface area contributed by atoms with E-state index in [9.17, 15) is 0 Å². The quantitative estimate of drug-likeness (QED) is 0.712. The second-order valence-electron chi connectivity index (χ2n) is 6.34. The summed E-state index contributed by atoms with van der Waals surface area (Å²) in [5, 5.41) is 8.85. The molecule has 1 heterocycles. The Morgan fingerprint density at radius 3 is 2.57 bits per heavy atom. The molecule has 0 aliphatic rings. The van der Waals surface area contributed by atoms with Gasteiger partial charge in [-0.25, -0.2) is 0 Å². The number of hydrogen-bond acceptors (Lipinski definition) is 3. The summed E-state index contributed by atoms with van der Waals surface area (Å²) in [7, 11) is 3.71. The predicted molar refractivity (Wildman–Crippen MR) is 89.0 cm³/mol. The highest BCUT2D eigenvalue weighted by Crippen LogP contribution is 2.34. The lowest BCUT2D eigenvalue weighted by Crippen LogP contribution is -2.39. The third-order valence-electron chi connectivity index (χ3n) is 4.48. The van der Waals surface area contributed by atoms with Gasteiger partial charge in [-0.3, -0.25) is 4.68 Å². The molecule has 0 aliphatic heterocycles. The molecule has 0 bridgehead atoms. The van der Waals surface area contributed by atoms with Gasteiger partial charge in [0.25, 0.3) is 0 Å². The van der Waals surface area contributed by atoms with E-state index < -0.39 is 0 Å². The Morgan fingerprint density at radius 1 is 1.43 bits per heavy atom. The minimum absolute atomic E-state index is 0.135. The van der Waals surface area contributed by atoms with Crippen LogP contribution in [0.1, 0.15) is 39.1 Å². The minimum atomic E-state index is 0.135. The molecule has 1 aromatic heterocycles. The van der Waals surface area contributed by atoms with Crippen LogP contribution in [-0.4, -0.2) is 36.6 Å². The van der Waals surface area contributed by atoms with Crippen molar-refractivity contribution in [2.24, 2.45) is 18.4 Å². The van der Waals surface area contributed by atoms with E-state index in [1.54, 1.807) is 7.11 Å². The van der Waals surface area contributed by atoms with Crippen LogP contribution in [0.5, 0.6) is 0 Å². The fraction of sp³-hybridized carbons (Fsp3) is 0.812. The number of hydrogen-bond donors (Lipinski definition) is 1. The van der Waals surface area contributed by atoms with Gasteiger partial charge in [0.15, 0.2) is 0 Å². The molecule has 122 valence electrons. The molecule has 21 heavy (non-hydrogen) atoms. The third-order valence-corrected chi connectivity index (χ3v) is 4.92. The summed E-state index contributed by atoms with van der Waals surface area (Å²) in [6.45, 7) is 11.5. The third kappa shape index (κ3) is 4.70. The molecule has 0 aliphatic carbocycles. The fourth-order valence-electron chi connectivity index (χ4n) is 2.41. The van der Waals surface area contributed by atoms with Gasteiger partial charge in [0.05, 0.1) is 23.0 Å². The molecule has 0 fully saturated rings. The van der Waals surface area contributed by atoms with E-state index in [1.807, 2.05) is 11.7 Å². The zero-order valence-corrected chi connectivity index (χ0v) is 15.0. The highest BCUT2D eigenvalue weighted by molar-refractivity contribution is 6.31. The maximum Gasteiger partial charge on any atom is 0.0849 e. The largest absolute Gasteiger partial charge is 0.383 e. The lowest BCUT2D eigenvalue weighted by molar-refractivity contribution is 0.173. The van der Waals surface area contributed by atoms with E-state index in [0.29, 0.717) is 5.92 Å². The smallest absolute Gasteiger partial charge is 0.0849 e. The fourth-order valence-corrected chi connectivity index (χ4v) is 2.77. The molecule has 1 N–H and O–H groups in total. The van der Waals surface area contributed by atoms with Crippen LogP contribution in [0, 0.1) is 11.3 Å². The molecular formula is C16H30ClN3O. The number of halogens is 1. The molecule has 1 rings (SSSR count). The molecule has 1 aromatic rings. The SMILES string of the molecule is CCc1nn(C)c(CC(C)(CNCCOC)C(C)C)c1Cl. The monoisotopic (exact) mass is 315 g/mol. The van der Waals surface area contributed by atoms with Crippen molar-refractivity contribution in [2.45, 2.75) is 40.5 Å². The Hall–Kier alpha value is -0.580. The van der Waals surface area contributed by atoms with Crippen LogP contribution in [0.2, 0.25) is 5.02 Å². The van der Waals surface area contributed by atoms with Crippen LogP contribution >= 0.6 is 11.6 Å². The van der Waals surface area contributed by atoms with Crippen molar-refractivity contribution in [2.75, 3.05) is 26.8 Å². The van der Waals surface area contributed by atoms with Gasteiger partial charge < -0.3 is 10.1 Å². The first-order chi connectivity index (χ1) is 9.85. The summed E-state index contributed by atoms with van der Waals surface area (Å²) in [5.41, 5.74) is 2.27. The van der Waals surface area contributed by atoms with Gasteiger partial charge in [-0.15, -0.1) is 0 Å². The Labute approximate surface area is 134 Å². The zero-order chi connectivity index (χ0) is 16.0. The first-order valence-electron chi connectivity index (χ1n) is 7.75. The van der Waals surface area contributed by atoms with Gasteiger partial charge in [-0.1, -0.05) is 39.3 Å². The molecule has 1 atom stereocenters. The number of nitrogens with zero attached hydrogens (tertiary/aromatic N) is 2. The zero-order valence-electron chi connectivity index (χ0n) is 14.3. The number of aromatic nitrogens is 2. The van der Waals surface area contributed by atoms with E-state index in [1.165, 1.54) is 0 Å². The molecule has 0 amide bonds. The summed E-state index contributed by atoms with van der Waals surface area (Å²) >= 11 is 6.50. The minimum Gasteiger partial charge on any atom is -0.383 e. The first kappa shape index (κ1) is 18.5. The van der Waals surface area contributed by atoms with Crippen LogP contribution in [0.15, 0.2) is 0 Å². The van der Waals surface area contributed by atoms with Gasteiger partial charge in [-0.05, 0) is 24.2 Å². The molecule has 0 saturated heterocycles. The second kappa shape index (κ2) is 8.16. The van der Waals surface area contributed by atoms with Crippen molar-refractivity contribution >= 4 is 11.6 Å². The number of methoxy groups -OCH3 is 1. The number of nitrogens with one attached hydrogen (secondary N) is 1. The van der Waals surface area contributed by atoms with Crippen LogP contribution in [0.3, 0.4) is 0 Å². The summed E-state index contributed by atoms with van der Waals surface area (Å²) in [5.74, 6) is 0.545. The topological polar surface area (TPSA) is 39.1 Å². The van der Waals surface area contributed by atoms with Gasteiger partial charge in [0.1, 0.15) is 0 Å². The van der Waals surface area contributed by atoms with Crippen molar-refractivity contribution < 1.29 is 4.74 Å². The molecule has 5 heteroatoms. The maximum atomic E-state index is 6.50. The Morgan fingerprint density at radius 2 is 2.10 bits per heavy atom. The molecule has 0 saturated carbocycles. The van der Waals surface area contributed by atoms with Crippen molar-refractivity contribution in [3.8, 4) is 0 Å². The maximum absolute atomic E-state index is 6.50. The summed E-state index contributed by atoms with van der Waals surface area (Å²) < 4.78 is 7.04. The van der Waals surface area contributed by atoms with Gasteiger partial charge >= 0.3 is 0 Å². The normalized spacial score (nSPS) is 14.7. The van der Waals surface area contributed by atoms with Crippen LogP contribution in [0.4, 0.5) is 0 Å². The molecule has 4 nitrogen and oxygen atoms in total. The standard InChI is InChI=1S/C16H30ClN3O/c1-7-13-15(17)14(20(5)19-13)10-16(4,12(2)3)11-18-8-9-21-6/h12,18H,7-11H2,1-6H3. The van der Waals surface area contributed by atoms with Crippen molar-refractivity contribution in [3.05, 3.63) is 16.4 Å². The first-order valence-corrected chi connectivity index (χ1v) is 8.13. The summed E-state index contributed by atoms with van der Waals surface area (Å²) in [6.07, 6.45) is 1.80. The Bertz CT molecular complexity index is 445. The van der Waals surface area contributed by atoms with E-state index in [2.05, 4.69) is 38.1 Å². The van der Waals surface area contributed by atoms with Crippen molar-refractivity contribution in [3.63, 3.8) is 0 Å². The Balaban J connectivity index is 2.85. The Kier molecular flexibility index (Phi) is 7.17. The average molecular weight is 316 g/mol. The van der Waals surface area contributed by atoms with E-state index in [-0.39, 0.29) is 5.41 Å². The molecule has 0 spiro atoms. The second-order valence-corrected chi connectivity index (χ2v) is 6.72. The van der Waals surface area contributed by atoms with E-state index in [0.717, 1.165) is 48.9 Å². The summed E-state index contributed by atoms with van der Waals surface area (Å²) in [4.78, 5) is 0. The number of ether oxygens (including phenoxy) is 1. The lowest BCUT2D eigenvalue weighted by Gasteiger charge is -2.34. The molecule has 0 radical (unpaired) electrons. The molecular weight excluding hydrogens is 286 g/mol. The van der Waals surface area contributed by atoms with Gasteiger partial charge in [0.2, 0.25) is 0 Å². The van der Waals surface area contributed by atoms with Crippen molar-refractivity contribution in [1.29, 1.82) is 0 Å². The van der Waals surface area contributed by atoms with Crippen LogP contribution < -0.4 is 5.32 Å².